The van der Waals surface area contributed by atoms with Crippen molar-refractivity contribution in [3.8, 4) is 5.75 Å². The van der Waals surface area contributed by atoms with Gasteiger partial charge < -0.3 is 19.1 Å². The largest absolute Gasteiger partial charge is 0.496 e. The van der Waals surface area contributed by atoms with Crippen LogP contribution in [0.3, 0.4) is 0 Å². The summed E-state index contributed by atoms with van der Waals surface area (Å²) in [5, 5.41) is 0. The van der Waals surface area contributed by atoms with Crippen LogP contribution in [-0.4, -0.2) is 71.9 Å². The molecule has 3 rings (SSSR count). The molecule has 2 heterocycles. The van der Waals surface area contributed by atoms with Gasteiger partial charge in [0, 0.05) is 26.2 Å². The number of nitrogens with one attached hydrogen (secondary N) is 1. The van der Waals surface area contributed by atoms with E-state index in [9.17, 15) is 13.2 Å². The van der Waals surface area contributed by atoms with Crippen LogP contribution < -0.4 is 9.46 Å². The number of amides is 1. The monoisotopic (exact) mass is 384 g/mol. The fourth-order valence-corrected chi connectivity index (χ4v) is 4.14. The maximum Gasteiger partial charge on any atom is 0.257 e. The summed E-state index contributed by atoms with van der Waals surface area (Å²) in [5.74, 6) is 0.0842. The van der Waals surface area contributed by atoms with Crippen LogP contribution >= 0.6 is 0 Å². The van der Waals surface area contributed by atoms with Crippen molar-refractivity contribution in [1.82, 2.24) is 9.62 Å². The molecule has 0 unspecified atom stereocenters. The molecule has 1 aromatic rings. The van der Waals surface area contributed by atoms with Crippen molar-refractivity contribution < 1.29 is 27.4 Å². The zero-order valence-corrected chi connectivity index (χ0v) is 15.6. The molecule has 1 aromatic carbocycles. The molecule has 0 saturated carbocycles. The summed E-state index contributed by atoms with van der Waals surface area (Å²) in [6, 6.07) is 4.32. The molecular formula is C17H24N2O6S. The minimum Gasteiger partial charge on any atom is -0.496 e. The van der Waals surface area contributed by atoms with Gasteiger partial charge in [-0.1, -0.05) is 0 Å². The molecule has 26 heavy (non-hydrogen) atoms. The molecule has 0 aliphatic carbocycles. The number of hydrogen-bond acceptors (Lipinski definition) is 6. The standard InChI is InChI=1S/C17H24N2O6S/c1-23-16-5-4-14(26(21,22)18-12-13-3-2-8-25-13)11-15(16)17(20)19-6-9-24-10-7-19/h4-5,11,13,18H,2-3,6-10,12H2,1H3/t13-/m1/s1. The molecule has 1 N–H and O–H groups in total. The number of ether oxygens (including phenoxy) is 3. The SMILES string of the molecule is COc1ccc(S(=O)(=O)NC[C@H]2CCCO2)cc1C(=O)N1CCOCC1. The van der Waals surface area contributed by atoms with Crippen LogP contribution in [0.1, 0.15) is 23.2 Å². The van der Waals surface area contributed by atoms with Crippen LogP contribution in [0.2, 0.25) is 0 Å². The van der Waals surface area contributed by atoms with Gasteiger partial charge in [-0.2, -0.15) is 0 Å². The number of morpholine rings is 1. The van der Waals surface area contributed by atoms with E-state index in [1.165, 1.54) is 25.3 Å². The van der Waals surface area contributed by atoms with Gasteiger partial charge in [0.25, 0.3) is 5.91 Å². The number of carbonyl (C=O) groups excluding carboxylic acids is 1. The fourth-order valence-electron chi connectivity index (χ4n) is 3.05. The Morgan fingerprint density at radius 1 is 1.31 bits per heavy atom. The van der Waals surface area contributed by atoms with E-state index in [1.54, 1.807) is 4.90 Å². The van der Waals surface area contributed by atoms with E-state index < -0.39 is 10.0 Å². The van der Waals surface area contributed by atoms with Crippen LogP contribution in [0.15, 0.2) is 23.1 Å². The van der Waals surface area contributed by atoms with E-state index in [2.05, 4.69) is 4.72 Å². The molecule has 2 saturated heterocycles. The first-order chi connectivity index (χ1) is 12.5. The summed E-state index contributed by atoms with van der Waals surface area (Å²) in [6.07, 6.45) is 1.68. The lowest BCUT2D eigenvalue weighted by molar-refractivity contribution is 0.0300. The summed E-state index contributed by atoms with van der Waals surface area (Å²) < 4.78 is 43.7. The molecule has 1 amide bonds. The van der Waals surface area contributed by atoms with Crippen LogP contribution in [0.25, 0.3) is 0 Å². The van der Waals surface area contributed by atoms with Crippen molar-refractivity contribution in [1.29, 1.82) is 0 Å². The van der Waals surface area contributed by atoms with Gasteiger partial charge in [0.15, 0.2) is 0 Å². The molecule has 144 valence electrons. The van der Waals surface area contributed by atoms with Gasteiger partial charge >= 0.3 is 0 Å². The Morgan fingerprint density at radius 3 is 2.73 bits per heavy atom. The van der Waals surface area contributed by atoms with Gasteiger partial charge in [0.1, 0.15) is 5.75 Å². The molecule has 2 fully saturated rings. The molecule has 8 nitrogen and oxygen atoms in total. The molecule has 0 aromatic heterocycles. The van der Waals surface area contributed by atoms with Crippen LogP contribution in [0.4, 0.5) is 0 Å². The van der Waals surface area contributed by atoms with E-state index in [0.29, 0.717) is 38.7 Å². The first-order valence-electron chi connectivity index (χ1n) is 8.67. The summed E-state index contributed by atoms with van der Waals surface area (Å²) in [6.45, 7) is 2.75. The molecule has 0 bridgehead atoms. The van der Waals surface area contributed by atoms with Gasteiger partial charge in [-0.05, 0) is 31.0 Å². The first-order valence-corrected chi connectivity index (χ1v) is 10.2. The lowest BCUT2D eigenvalue weighted by atomic mass is 10.1. The number of rotatable bonds is 6. The molecule has 1 atom stereocenters. The third kappa shape index (κ3) is 4.35. The van der Waals surface area contributed by atoms with E-state index in [0.717, 1.165) is 12.8 Å². The quantitative estimate of drug-likeness (QED) is 0.773. The summed E-state index contributed by atoms with van der Waals surface area (Å²) in [5.41, 5.74) is 0.231. The van der Waals surface area contributed by atoms with Gasteiger partial charge in [-0.25, -0.2) is 13.1 Å². The lowest BCUT2D eigenvalue weighted by Crippen LogP contribution is -2.41. The smallest absolute Gasteiger partial charge is 0.257 e. The van der Waals surface area contributed by atoms with Crippen LogP contribution in [0.5, 0.6) is 5.75 Å². The first kappa shape index (κ1) is 19.1. The highest BCUT2D eigenvalue weighted by Crippen LogP contribution is 2.24. The summed E-state index contributed by atoms with van der Waals surface area (Å²) >= 11 is 0. The molecule has 0 spiro atoms. The van der Waals surface area contributed by atoms with E-state index in [-0.39, 0.29) is 29.0 Å². The van der Waals surface area contributed by atoms with Crippen molar-refractivity contribution in [3.05, 3.63) is 23.8 Å². The van der Waals surface area contributed by atoms with Crippen molar-refractivity contribution in [2.75, 3.05) is 46.6 Å². The fraction of sp³-hybridized carbons (Fsp3) is 0.588. The Hall–Kier alpha value is -1.68. The van der Waals surface area contributed by atoms with Crippen LogP contribution in [-0.2, 0) is 19.5 Å². The minimum absolute atomic E-state index is 0.0351. The maximum absolute atomic E-state index is 12.8. The number of benzene rings is 1. The van der Waals surface area contributed by atoms with Crippen molar-refractivity contribution >= 4 is 15.9 Å². The van der Waals surface area contributed by atoms with Crippen LogP contribution in [0, 0.1) is 0 Å². The van der Waals surface area contributed by atoms with Gasteiger partial charge in [0.2, 0.25) is 10.0 Å². The predicted octanol–water partition coefficient (Wildman–Crippen LogP) is 0.625. The minimum atomic E-state index is -3.74. The van der Waals surface area contributed by atoms with Gasteiger partial charge in [-0.15, -0.1) is 0 Å². The highest BCUT2D eigenvalue weighted by atomic mass is 32.2. The normalized spacial score (nSPS) is 21.0. The van der Waals surface area contributed by atoms with Crippen molar-refractivity contribution in [2.45, 2.75) is 23.8 Å². The van der Waals surface area contributed by atoms with E-state index in [4.69, 9.17) is 14.2 Å². The Bertz CT molecular complexity index is 740. The second kappa shape index (κ2) is 8.34. The molecule has 9 heteroatoms. The van der Waals surface area contributed by atoms with Gasteiger partial charge in [0.05, 0.1) is 36.9 Å². The number of methoxy groups -OCH3 is 1. The highest BCUT2D eigenvalue weighted by molar-refractivity contribution is 7.89. The lowest BCUT2D eigenvalue weighted by Gasteiger charge is -2.27. The second-order valence-corrected chi connectivity index (χ2v) is 8.02. The highest BCUT2D eigenvalue weighted by Gasteiger charge is 2.25. The Kier molecular flexibility index (Phi) is 6.13. The second-order valence-electron chi connectivity index (χ2n) is 6.25. The Balaban J connectivity index is 1.80. The third-order valence-corrected chi connectivity index (χ3v) is 5.96. The molecule has 2 aliphatic rings. The zero-order valence-electron chi connectivity index (χ0n) is 14.8. The number of sulfonamides is 1. The number of carbonyl (C=O) groups is 1. The van der Waals surface area contributed by atoms with E-state index in [1.807, 2.05) is 0 Å². The summed E-state index contributed by atoms with van der Waals surface area (Å²) in [7, 11) is -2.29. The number of hydrogen-bond donors (Lipinski definition) is 1. The maximum atomic E-state index is 12.8. The van der Waals surface area contributed by atoms with Crippen molar-refractivity contribution in [2.24, 2.45) is 0 Å². The van der Waals surface area contributed by atoms with E-state index >= 15 is 0 Å². The Labute approximate surface area is 153 Å². The molecule has 0 radical (unpaired) electrons. The predicted molar refractivity (Wildman–Crippen MR) is 93.9 cm³/mol. The number of nitrogens with zero attached hydrogens (tertiary/aromatic N) is 1. The summed E-state index contributed by atoms with van der Waals surface area (Å²) in [4.78, 5) is 14.5. The molecular weight excluding hydrogens is 360 g/mol. The zero-order chi connectivity index (χ0) is 18.6. The van der Waals surface area contributed by atoms with Crippen molar-refractivity contribution in [3.63, 3.8) is 0 Å². The third-order valence-electron chi connectivity index (χ3n) is 4.53. The average molecular weight is 384 g/mol. The van der Waals surface area contributed by atoms with Gasteiger partial charge in [-0.3, -0.25) is 4.79 Å². The molecule has 2 aliphatic heterocycles. The Morgan fingerprint density at radius 2 is 2.08 bits per heavy atom. The topological polar surface area (TPSA) is 94.2 Å². The average Bonchev–Trinajstić information content (AvgIpc) is 3.20.